The largest absolute Gasteiger partial charge is 0.339 e. The summed E-state index contributed by atoms with van der Waals surface area (Å²) in [5, 5.41) is 0. The Balaban J connectivity index is 2.38. The molecule has 8 heteroatoms. The molecule has 0 amide bonds. The van der Waals surface area contributed by atoms with Crippen molar-refractivity contribution in [2.75, 3.05) is 38.5 Å². The van der Waals surface area contributed by atoms with E-state index in [0.29, 0.717) is 11.1 Å². The number of carbonyl (C=O) groups is 1. The van der Waals surface area contributed by atoms with Crippen LogP contribution in [0.1, 0.15) is 29.8 Å². The molecule has 2 rings (SSSR count). The molecule has 0 saturated heterocycles. The van der Waals surface area contributed by atoms with Crippen LogP contribution in [-0.2, 0) is 28.9 Å². The molecule has 0 spiro atoms. The quantitative estimate of drug-likeness (QED) is 0.168. The summed E-state index contributed by atoms with van der Waals surface area (Å²) in [6.07, 6.45) is -0.0183. The number of alkyl halides is 1. The van der Waals surface area contributed by atoms with Gasteiger partial charge in [0.25, 0.3) is 5.79 Å². The third kappa shape index (κ3) is 6.48. The van der Waals surface area contributed by atoms with E-state index < -0.39 is 13.4 Å². The van der Waals surface area contributed by atoms with Gasteiger partial charge in [0.2, 0.25) is 5.78 Å². The lowest BCUT2D eigenvalue weighted by atomic mass is 9.95. The standard InChI is InChI=1S/C22H28ClO6P/c1-3-28-30(25,29-4-2)18-17-27-22(26-16-15-23,20-13-9-6-10-14-20)21(24)19-11-7-5-8-12-19/h5-14H,3-4,15-18H2,1-2H3. The van der Waals surface area contributed by atoms with Gasteiger partial charge in [0.1, 0.15) is 0 Å². The Morgan fingerprint density at radius 3 is 1.97 bits per heavy atom. The lowest BCUT2D eigenvalue weighted by Gasteiger charge is -2.33. The highest BCUT2D eigenvalue weighted by Gasteiger charge is 2.44. The van der Waals surface area contributed by atoms with Crippen molar-refractivity contribution in [3.05, 3.63) is 71.8 Å². The number of carbonyl (C=O) groups excluding carboxylic acids is 1. The Morgan fingerprint density at radius 2 is 1.43 bits per heavy atom. The van der Waals surface area contributed by atoms with E-state index in [9.17, 15) is 9.36 Å². The minimum absolute atomic E-state index is 0.0183. The summed E-state index contributed by atoms with van der Waals surface area (Å²) in [5.41, 5.74) is 0.945. The number of Topliss-reactive ketones (excluding diaryl/α,β-unsaturated/α-hetero) is 1. The first kappa shape index (κ1) is 24.7. The summed E-state index contributed by atoms with van der Waals surface area (Å²) in [6.45, 7) is 3.98. The molecule has 2 aromatic carbocycles. The maximum absolute atomic E-state index is 13.6. The fraction of sp³-hybridized carbons (Fsp3) is 0.409. The van der Waals surface area contributed by atoms with E-state index in [1.165, 1.54) is 0 Å². The average Bonchev–Trinajstić information content (AvgIpc) is 2.77. The van der Waals surface area contributed by atoms with Crippen LogP contribution in [0, 0.1) is 0 Å². The van der Waals surface area contributed by atoms with E-state index in [4.69, 9.17) is 30.1 Å². The van der Waals surface area contributed by atoms with Crippen molar-refractivity contribution in [1.29, 1.82) is 0 Å². The highest BCUT2D eigenvalue weighted by Crippen LogP contribution is 2.48. The molecule has 0 aliphatic rings. The molecule has 0 aromatic heterocycles. The number of hydrogen-bond acceptors (Lipinski definition) is 6. The Labute approximate surface area is 183 Å². The van der Waals surface area contributed by atoms with Crippen LogP contribution in [-0.4, -0.2) is 44.3 Å². The second-order valence-corrected chi connectivity index (χ2v) is 8.80. The molecule has 2 aromatic rings. The molecule has 0 heterocycles. The maximum Gasteiger partial charge on any atom is 0.332 e. The van der Waals surface area contributed by atoms with E-state index in [2.05, 4.69) is 0 Å². The molecule has 6 nitrogen and oxygen atoms in total. The summed E-state index contributed by atoms with van der Waals surface area (Å²) in [4.78, 5) is 13.6. The highest BCUT2D eigenvalue weighted by atomic mass is 35.5. The summed E-state index contributed by atoms with van der Waals surface area (Å²) >= 11 is 5.86. The van der Waals surface area contributed by atoms with Gasteiger partial charge in [-0.2, -0.15) is 0 Å². The summed E-state index contributed by atoms with van der Waals surface area (Å²) in [5.74, 6) is -1.93. The molecular weight excluding hydrogens is 427 g/mol. The number of ether oxygens (including phenoxy) is 2. The summed E-state index contributed by atoms with van der Waals surface area (Å²) in [7, 11) is -3.34. The first-order valence-corrected chi connectivity index (χ1v) is 12.1. The molecule has 164 valence electrons. The smallest absolute Gasteiger partial charge is 0.332 e. The van der Waals surface area contributed by atoms with Crippen LogP contribution in [0.15, 0.2) is 60.7 Å². The van der Waals surface area contributed by atoms with Gasteiger partial charge < -0.3 is 18.5 Å². The molecule has 30 heavy (non-hydrogen) atoms. The van der Waals surface area contributed by atoms with Crippen LogP contribution < -0.4 is 0 Å². The fourth-order valence-electron chi connectivity index (χ4n) is 2.95. The summed E-state index contributed by atoms with van der Waals surface area (Å²) in [6, 6.07) is 17.7. The predicted octanol–water partition coefficient (Wildman–Crippen LogP) is 5.26. The van der Waals surface area contributed by atoms with Crippen LogP contribution in [0.2, 0.25) is 0 Å². The van der Waals surface area contributed by atoms with Crippen molar-refractivity contribution < 1.29 is 27.9 Å². The minimum atomic E-state index is -3.34. The number of benzene rings is 2. The molecule has 0 saturated carbocycles. The number of rotatable bonds is 14. The van der Waals surface area contributed by atoms with Gasteiger partial charge in [-0.3, -0.25) is 9.36 Å². The van der Waals surface area contributed by atoms with E-state index >= 15 is 0 Å². The zero-order chi connectivity index (χ0) is 21.9. The number of hydrogen-bond donors (Lipinski definition) is 0. The number of ketones is 1. The molecule has 0 aliphatic carbocycles. The normalized spacial score (nSPS) is 13.7. The van der Waals surface area contributed by atoms with Crippen molar-refractivity contribution >= 4 is 25.0 Å². The Morgan fingerprint density at radius 1 is 0.900 bits per heavy atom. The van der Waals surface area contributed by atoms with E-state index in [1.54, 1.807) is 62.4 Å². The average molecular weight is 455 g/mol. The molecular formula is C22H28ClO6P. The zero-order valence-corrected chi connectivity index (χ0v) is 18.9. The van der Waals surface area contributed by atoms with Crippen LogP contribution in [0.4, 0.5) is 0 Å². The van der Waals surface area contributed by atoms with Crippen LogP contribution in [0.3, 0.4) is 0 Å². The van der Waals surface area contributed by atoms with Crippen molar-refractivity contribution in [2.24, 2.45) is 0 Å². The zero-order valence-electron chi connectivity index (χ0n) is 17.3. The monoisotopic (exact) mass is 454 g/mol. The third-order valence-corrected chi connectivity index (χ3v) is 6.38. The van der Waals surface area contributed by atoms with Crippen molar-refractivity contribution in [2.45, 2.75) is 19.6 Å². The fourth-order valence-corrected chi connectivity index (χ4v) is 4.46. The predicted molar refractivity (Wildman–Crippen MR) is 117 cm³/mol. The van der Waals surface area contributed by atoms with Crippen molar-refractivity contribution in [3.63, 3.8) is 0 Å². The second kappa shape index (κ2) is 12.4. The lowest BCUT2D eigenvalue weighted by molar-refractivity contribution is -0.204. The van der Waals surface area contributed by atoms with E-state index in [1.807, 2.05) is 12.1 Å². The Hall–Kier alpha value is -1.53. The molecule has 1 atom stereocenters. The first-order chi connectivity index (χ1) is 14.5. The molecule has 0 bridgehead atoms. The third-order valence-electron chi connectivity index (χ3n) is 4.19. The topological polar surface area (TPSA) is 71.1 Å². The van der Waals surface area contributed by atoms with E-state index in [0.717, 1.165) is 0 Å². The van der Waals surface area contributed by atoms with Gasteiger partial charge >= 0.3 is 7.60 Å². The number of halogens is 1. The highest BCUT2D eigenvalue weighted by molar-refractivity contribution is 7.53. The van der Waals surface area contributed by atoms with Gasteiger partial charge in [0, 0.05) is 17.0 Å². The molecule has 0 radical (unpaired) electrons. The second-order valence-electron chi connectivity index (χ2n) is 6.23. The maximum atomic E-state index is 13.6. The molecule has 0 aliphatic heterocycles. The van der Waals surface area contributed by atoms with Crippen LogP contribution >= 0.6 is 19.2 Å². The molecule has 1 unspecified atom stereocenters. The Kier molecular flexibility index (Phi) is 10.2. The lowest BCUT2D eigenvalue weighted by Crippen LogP contribution is -2.43. The minimum Gasteiger partial charge on any atom is -0.339 e. The van der Waals surface area contributed by atoms with Crippen molar-refractivity contribution in [1.82, 2.24) is 0 Å². The van der Waals surface area contributed by atoms with E-state index in [-0.39, 0.29) is 44.3 Å². The first-order valence-electron chi connectivity index (χ1n) is 9.88. The SMILES string of the molecule is CCOP(=O)(CCOC(OCCCl)(C(=O)c1ccccc1)c1ccccc1)OCC. The van der Waals surface area contributed by atoms with Gasteiger partial charge in [-0.15, -0.1) is 11.6 Å². The molecule has 0 N–H and O–H groups in total. The van der Waals surface area contributed by atoms with Gasteiger partial charge in [-0.05, 0) is 13.8 Å². The Bertz CT molecular complexity index is 807. The summed E-state index contributed by atoms with van der Waals surface area (Å²) < 4.78 is 35.5. The van der Waals surface area contributed by atoms with Gasteiger partial charge in [-0.1, -0.05) is 60.7 Å². The van der Waals surface area contributed by atoms with Crippen molar-refractivity contribution in [3.8, 4) is 0 Å². The van der Waals surface area contributed by atoms with Gasteiger partial charge in [-0.25, -0.2) is 0 Å². The van der Waals surface area contributed by atoms with Crippen LogP contribution in [0.5, 0.6) is 0 Å². The van der Waals surface area contributed by atoms with Gasteiger partial charge in [0.05, 0.1) is 32.6 Å². The van der Waals surface area contributed by atoms with Crippen LogP contribution in [0.25, 0.3) is 0 Å². The van der Waals surface area contributed by atoms with Gasteiger partial charge in [0.15, 0.2) is 0 Å². The molecule has 0 fully saturated rings.